The van der Waals surface area contributed by atoms with E-state index in [4.69, 9.17) is 5.26 Å². The number of nitrogens with zero attached hydrogens (tertiary/aromatic N) is 4. The van der Waals surface area contributed by atoms with Crippen LogP contribution >= 0.6 is 22.6 Å². The summed E-state index contributed by atoms with van der Waals surface area (Å²) < 4.78 is 2.70. The average molecular weight is 444 g/mol. The Morgan fingerprint density at radius 3 is 2.68 bits per heavy atom. The Labute approximate surface area is 159 Å². The molecule has 0 radical (unpaired) electrons. The first kappa shape index (κ1) is 17.5. The molecule has 2 aromatic heterocycles. The Hall–Kier alpha value is -2.27. The third-order valence-electron chi connectivity index (χ3n) is 4.09. The van der Waals surface area contributed by atoms with Gasteiger partial charge in [0.15, 0.2) is 5.82 Å². The lowest BCUT2D eigenvalue weighted by Gasteiger charge is -2.09. The lowest BCUT2D eigenvalue weighted by Crippen LogP contribution is -2.19. The van der Waals surface area contributed by atoms with Crippen LogP contribution in [0.15, 0.2) is 41.6 Å². The number of benzene rings is 1. The number of aromatic nitrogens is 3. The Morgan fingerprint density at radius 1 is 1.24 bits per heavy atom. The minimum absolute atomic E-state index is 0.0406. The van der Waals surface area contributed by atoms with Crippen molar-refractivity contribution in [3.63, 3.8) is 0 Å². The minimum Gasteiger partial charge on any atom is -0.315 e. The molecule has 0 spiro atoms. The van der Waals surface area contributed by atoms with E-state index in [0.29, 0.717) is 16.8 Å². The Balaban J connectivity index is 2.03. The molecule has 0 aliphatic rings. The van der Waals surface area contributed by atoms with Crippen LogP contribution in [0.2, 0.25) is 0 Å². The Kier molecular flexibility index (Phi) is 5.43. The fourth-order valence-electron chi connectivity index (χ4n) is 2.71. The van der Waals surface area contributed by atoms with Gasteiger partial charge in [-0.25, -0.2) is 9.97 Å². The van der Waals surface area contributed by atoms with Gasteiger partial charge in [-0.05, 0) is 52.6 Å². The molecule has 1 aromatic carbocycles. The number of rotatable bonds is 5. The standard InChI is InChI=1S/C19H17IN4O/c1-2-3-4-6-24-7-5-14-8-16(17(20)9-15(14)19(24)25)18-22-11-13(10-21)12-23-18/h5,7-9,11-12H,2-4,6H2,1H3. The van der Waals surface area contributed by atoms with Gasteiger partial charge < -0.3 is 4.57 Å². The van der Waals surface area contributed by atoms with Crippen molar-refractivity contribution in [2.24, 2.45) is 0 Å². The molecule has 0 saturated carbocycles. The number of fused-ring (bicyclic) bond motifs is 1. The first-order valence-electron chi connectivity index (χ1n) is 8.19. The zero-order chi connectivity index (χ0) is 17.8. The van der Waals surface area contributed by atoms with Crippen LogP contribution in [-0.4, -0.2) is 14.5 Å². The number of aryl methyl sites for hydroxylation is 1. The van der Waals surface area contributed by atoms with Gasteiger partial charge in [0.1, 0.15) is 6.07 Å². The predicted octanol–water partition coefficient (Wildman–Crippen LogP) is 4.12. The van der Waals surface area contributed by atoms with Gasteiger partial charge in [0.05, 0.1) is 5.56 Å². The summed E-state index contributed by atoms with van der Waals surface area (Å²) in [4.78, 5) is 21.2. The highest BCUT2D eigenvalue weighted by atomic mass is 127. The molecule has 0 unspecified atom stereocenters. The molecule has 3 aromatic rings. The molecule has 6 heteroatoms. The zero-order valence-corrected chi connectivity index (χ0v) is 16.0. The lowest BCUT2D eigenvalue weighted by molar-refractivity contribution is 0.590. The van der Waals surface area contributed by atoms with Crippen molar-refractivity contribution < 1.29 is 0 Å². The highest BCUT2D eigenvalue weighted by Crippen LogP contribution is 2.26. The third-order valence-corrected chi connectivity index (χ3v) is 4.98. The third kappa shape index (κ3) is 3.71. The van der Waals surface area contributed by atoms with Crippen LogP contribution in [0.25, 0.3) is 22.2 Å². The van der Waals surface area contributed by atoms with Crippen molar-refractivity contribution >= 4 is 33.4 Å². The van der Waals surface area contributed by atoms with Crippen molar-refractivity contribution in [1.82, 2.24) is 14.5 Å². The number of hydrogen-bond acceptors (Lipinski definition) is 4. The maximum absolute atomic E-state index is 12.7. The summed E-state index contributed by atoms with van der Waals surface area (Å²) >= 11 is 2.20. The van der Waals surface area contributed by atoms with E-state index in [1.165, 1.54) is 12.4 Å². The van der Waals surface area contributed by atoms with Crippen LogP contribution in [-0.2, 0) is 6.54 Å². The monoisotopic (exact) mass is 444 g/mol. The van der Waals surface area contributed by atoms with E-state index < -0.39 is 0 Å². The zero-order valence-electron chi connectivity index (χ0n) is 13.9. The Morgan fingerprint density at radius 2 is 2.00 bits per heavy atom. The van der Waals surface area contributed by atoms with E-state index in [1.54, 1.807) is 4.57 Å². The number of halogens is 1. The number of unbranched alkanes of at least 4 members (excludes halogenated alkanes) is 2. The largest absolute Gasteiger partial charge is 0.315 e. The van der Waals surface area contributed by atoms with Gasteiger partial charge in [0.25, 0.3) is 5.56 Å². The molecule has 2 heterocycles. The second kappa shape index (κ2) is 7.74. The second-order valence-corrected chi connectivity index (χ2v) is 7.01. The SMILES string of the molecule is CCCCCn1ccc2cc(-c3ncc(C#N)cn3)c(I)cc2c1=O. The van der Waals surface area contributed by atoms with E-state index in [1.807, 2.05) is 30.5 Å². The fraction of sp³-hybridized carbons (Fsp3) is 0.263. The van der Waals surface area contributed by atoms with E-state index in [2.05, 4.69) is 39.5 Å². The highest BCUT2D eigenvalue weighted by Gasteiger charge is 2.11. The number of nitriles is 1. The molecule has 5 nitrogen and oxygen atoms in total. The summed E-state index contributed by atoms with van der Waals surface area (Å²) in [5.41, 5.74) is 1.33. The van der Waals surface area contributed by atoms with Gasteiger partial charge in [-0.3, -0.25) is 4.79 Å². The molecule has 0 aliphatic heterocycles. The van der Waals surface area contributed by atoms with E-state index >= 15 is 0 Å². The van der Waals surface area contributed by atoms with Gasteiger partial charge >= 0.3 is 0 Å². The summed E-state index contributed by atoms with van der Waals surface area (Å²) in [6.45, 7) is 2.90. The van der Waals surface area contributed by atoms with E-state index in [9.17, 15) is 4.79 Å². The van der Waals surface area contributed by atoms with Gasteiger partial charge in [-0.15, -0.1) is 0 Å². The Bertz CT molecular complexity index is 1000. The average Bonchev–Trinajstić information content (AvgIpc) is 2.64. The normalized spacial score (nSPS) is 10.8. The van der Waals surface area contributed by atoms with Gasteiger partial charge in [0, 0.05) is 39.7 Å². The predicted molar refractivity (Wildman–Crippen MR) is 106 cm³/mol. The smallest absolute Gasteiger partial charge is 0.258 e. The van der Waals surface area contributed by atoms with Crippen LogP contribution in [0.4, 0.5) is 0 Å². The molecule has 126 valence electrons. The molecular formula is C19H17IN4O. The summed E-state index contributed by atoms with van der Waals surface area (Å²) in [5, 5.41) is 10.4. The van der Waals surface area contributed by atoms with Crippen LogP contribution in [0, 0.1) is 14.9 Å². The van der Waals surface area contributed by atoms with Crippen LogP contribution in [0.1, 0.15) is 31.7 Å². The minimum atomic E-state index is 0.0406. The molecule has 3 rings (SSSR count). The molecule has 0 saturated heterocycles. The van der Waals surface area contributed by atoms with E-state index in [0.717, 1.165) is 40.3 Å². The van der Waals surface area contributed by atoms with Crippen LogP contribution in [0.3, 0.4) is 0 Å². The summed E-state index contributed by atoms with van der Waals surface area (Å²) in [7, 11) is 0. The molecule has 0 fully saturated rings. The molecule has 0 N–H and O–H groups in total. The summed E-state index contributed by atoms with van der Waals surface area (Å²) in [6, 6.07) is 7.81. The number of pyridine rings is 1. The quantitative estimate of drug-likeness (QED) is 0.439. The molecule has 0 aliphatic carbocycles. The fourth-order valence-corrected chi connectivity index (χ4v) is 3.42. The van der Waals surface area contributed by atoms with Crippen LogP contribution < -0.4 is 5.56 Å². The highest BCUT2D eigenvalue weighted by molar-refractivity contribution is 14.1. The summed E-state index contributed by atoms with van der Waals surface area (Å²) in [6.07, 6.45) is 8.14. The van der Waals surface area contributed by atoms with Crippen molar-refractivity contribution in [1.29, 1.82) is 5.26 Å². The van der Waals surface area contributed by atoms with Crippen molar-refractivity contribution in [2.75, 3.05) is 0 Å². The first-order chi connectivity index (χ1) is 12.1. The van der Waals surface area contributed by atoms with Gasteiger partial charge in [0.2, 0.25) is 0 Å². The summed E-state index contributed by atoms with van der Waals surface area (Å²) in [5.74, 6) is 0.553. The molecular weight excluding hydrogens is 427 g/mol. The van der Waals surface area contributed by atoms with Crippen molar-refractivity contribution in [2.45, 2.75) is 32.7 Å². The molecule has 0 atom stereocenters. The second-order valence-electron chi connectivity index (χ2n) is 5.85. The van der Waals surface area contributed by atoms with Gasteiger partial charge in [-0.2, -0.15) is 5.26 Å². The van der Waals surface area contributed by atoms with Crippen molar-refractivity contribution in [3.8, 4) is 17.5 Å². The lowest BCUT2D eigenvalue weighted by atomic mass is 10.1. The first-order valence-corrected chi connectivity index (χ1v) is 9.27. The topological polar surface area (TPSA) is 71.6 Å². The van der Waals surface area contributed by atoms with Crippen LogP contribution in [0.5, 0.6) is 0 Å². The molecule has 25 heavy (non-hydrogen) atoms. The maximum Gasteiger partial charge on any atom is 0.258 e. The van der Waals surface area contributed by atoms with Crippen molar-refractivity contribution in [3.05, 3.63) is 56.3 Å². The van der Waals surface area contributed by atoms with Gasteiger partial charge in [-0.1, -0.05) is 19.8 Å². The number of hydrogen-bond donors (Lipinski definition) is 0. The maximum atomic E-state index is 12.7. The van der Waals surface area contributed by atoms with E-state index in [-0.39, 0.29) is 5.56 Å². The molecule has 0 amide bonds. The molecule has 0 bridgehead atoms.